The Bertz CT molecular complexity index is 1340. The van der Waals surface area contributed by atoms with Crippen molar-refractivity contribution in [3.05, 3.63) is 74.7 Å². The van der Waals surface area contributed by atoms with Gasteiger partial charge in [0.15, 0.2) is 5.65 Å². The summed E-state index contributed by atoms with van der Waals surface area (Å²) in [6, 6.07) is 8.77. The Hall–Kier alpha value is -3.55. The Kier molecular flexibility index (Phi) is 5.07. The normalized spacial score (nSPS) is 11.3. The van der Waals surface area contributed by atoms with E-state index in [0.717, 1.165) is 34.0 Å². The van der Waals surface area contributed by atoms with Crippen LogP contribution in [0.4, 0.5) is 0 Å². The van der Waals surface area contributed by atoms with Crippen LogP contribution in [-0.2, 0) is 22.6 Å². The van der Waals surface area contributed by atoms with Crippen LogP contribution in [0.1, 0.15) is 40.5 Å². The van der Waals surface area contributed by atoms with Crippen LogP contribution in [0.2, 0.25) is 0 Å². The molecule has 0 atom stereocenters. The van der Waals surface area contributed by atoms with Crippen molar-refractivity contribution in [3.8, 4) is 0 Å². The first-order chi connectivity index (χ1) is 14.3. The first kappa shape index (κ1) is 19.8. The van der Waals surface area contributed by atoms with E-state index in [0.29, 0.717) is 17.8 Å². The molecule has 30 heavy (non-hydrogen) atoms. The van der Waals surface area contributed by atoms with Crippen LogP contribution in [0.15, 0.2) is 35.1 Å². The summed E-state index contributed by atoms with van der Waals surface area (Å²) in [5.74, 6) is -0.350. The van der Waals surface area contributed by atoms with Crippen LogP contribution >= 0.6 is 0 Å². The lowest BCUT2D eigenvalue weighted by molar-refractivity contribution is -0.145. The van der Waals surface area contributed by atoms with Gasteiger partial charge in [-0.05, 0) is 51.8 Å². The molecule has 0 aliphatic heterocycles. The average Bonchev–Trinajstić information content (AvgIpc) is 3.06. The summed E-state index contributed by atoms with van der Waals surface area (Å²) in [6.45, 7) is 7.64. The molecule has 4 heterocycles. The van der Waals surface area contributed by atoms with E-state index in [1.54, 1.807) is 10.6 Å². The number of ether oxygens (including phenoxy) is 1. The van der Waals surface area contributed by atoms with Crippen molar-refractivity contribution >= 4 is 17.3 Å². The number of carbonyl (C=O) groups is 1. The zero-order chi connectivity index (χ0) is 21.4. The lowest BCUT2D eigenvalue weighted by Gasteiger charge is -2.11. The molecule has 0 radical (unpaired) electrons. The van der Waals surface area contributed by atoms with Gasteiger partial charge in [0.2, 0.25) is 0 Å². The van der Waals surface area contributed by atoms with Gasteiger partial charge in [0, 0.05) is 35.6 Å². The third-order valence-electron chi connectivity index (χ3n) is 5.18. The Balaban J connectivity index is 1.44. The second kappa shape index (κ2) is 7.70. The van der Waals surface area contributed by atoms with Crippen LogP contribution in [0.3, 0.4) is 0 Å². The predicted molar refractivity (Wildman–Crippen MR) is 112 cm³/mol. The predicted octanol–water partition coefficient (Wildman–Crippen LogP) is 2.65. The largest absolute Gasteiger partial charge is 0.459 e. The fourth-order valence-electron chi connectivity index (χ4n) is 3.69. The zero-order valence-electron chi connectivity index (χ0n) is 17.5. The number of hydrogen-bond acceptors (Lipinski definition) is 6. The fraction of sp³-hybridized carbons (Fsp3) is 0.318. The summed E-state index contributed by atoms with van der Waals surface area (Å²) in [4.78, 5) is 33.6. The molecule has 0 aromatic carbocycles. The molecule has 154 valence electrons. The number of aryl methyl sites for hydroxylation is 4. The van der Waals surface area contributed by atoms with E-state index in [-0.39, 0.29) is 24.6 Å². The monoisotopic (exact) mass is 405 g/mol. The molecule has 0 N–H and O–H groups in total. The highest BCUT2D eigenvalue weighted by Crippen LogP contribution is 2.17. The average molecular weight is 405 g/mol. The highest BCUT2D eigenvalue weighted by atomic mass is 16.5. The van der Waals surface area contributed by atoms with E-state index in [1.807, 2.05) is 45.9 Å². The molecule has 0 bridgehead atoms. The zero-order valence-corrected chi connectivity index (χ0v) is 17.5. The second-order valence-electron chi connectivity index (χ2n) is 7.42. The molecular formula is C22H23N5O3. The van der Waals surface area contributed by atoms with Gasteiger partial charge in [-0.3, -0.25) is 14.0 Å². The van der Waals surface area contributed by atoms with E-state index in [4.69, 9.17) is 4.74 Å². The van der Waals surface area contributed by atoms with Crippen LogP contribution in [0, 0.1) is 27.7 Å². The van der Waals surface area contributed by atoms with E-state index < -0.39 is 0 Å². The van der Waals surface area contributed by atoms with E-state index in [2.05, 4.69) is 15.1 Å². The fourth-order valence-corrected chi connectivity index (χ4v) is 3.69. The van der Waals surface area contributed by atoms with Gasteiger partial charge < -0.3 is 4.74 Å². The SMILES string of the molecule is Cc1cc2nc(C)c(CCC(=O)OCc3cc(=O)n4c(C)cccc4n3)c(C)n2n1. The summed E-state index contributed by atoms with van der Waals surface area (Å²) < 4.78 is 8.69. The van der Waals surface area contributed by atoms with Crippen molar-refractivity contribution in [3.63, 3.8) is 0 Å². The van der Waals surface area contributed by atoms with E-state index in [9.17, 15) is 9.59 Å². The molecule has 0 spiro atoms. The number of rotatable bonds is 5. The molecular weight excluding hydrogens is 382 g/mol. The minimum atomic E-state index is -0.350. The number of pyridine rings is 1. The van der Waals surface area contributed by atoms with Gasteiger partial charge in [0.25, 0.3) is 5.56 Å². The third kappa shape index (κ3) is 3.68. The van der Waals surface area contributed by atoms with E-state index in [1.165, 1.54) is 10.5 Å². The first-order valence-electron chi connectivity index (χ1n) is 9.80. The molecule has 4 aromatic rings. The van der Waals surface area contributed by atoms with Crippen LogP contribution < -0.4 is 5.56 Å². The minimum absolute atomic E-state index is 0.0356. The Morgan fingerprint density at radius 3 is 2.67 bits per heavy atom. The Labute approximate surface area is 173 Å². The standard InChI is InChI=1S/C22H23N5O3/c1-13-10-20-23-15(3)18(16(4)27(20)25-13)8-9-22(29)30-12-17-11-21(28)26-14(2)6-5-7-19(26)24-17/h5-7,10-11H,8-9,12H2,1-4H3. The topological polar surface area (TPSA) is 90.9 Å². The molecule has 0 aliphatic rings. The van der Waals surface area contributed by atoms with Crippen molar-refractivity contribution in [1.82, 2.24) is 24.0 Å². The number of fused-ring (bicyclic) bond motifs is 2. The van der Waals surface area contributed by atoms with Crippen molar-refractivity contribution in [2.75, 3.05) is 0 Å². The number of aromatic nitrogens is 5. The summed E-state index contributed by atoms with van der Waals surface area (Å²) in [5, 5.41) is 4.45. The molecule has 0 saturated heterocycles. The molecule has 0 amide bonds. The van der Waals surface area contributed by atoms with Gasteiger partial charge in [-0.2, -0.15) is 5.10 Å². The number of hydrogen-bond donors (Lipinski definition) is 0. The van der Waals surface area contributed by atoms with Crippen molar-refractivity contribution in [1.29, 1.82) is 0 Å². The van der Waals surface area contributed by atoms with E-state index >= 15 is 0 Å². The number of esters is 1. The molecule has 0 aliphatic carbocycles. The summed E-state index contributed by atoms with van der Waals surface area (Å²) >= 11 is 0. The maximum absolute atomic E-state index is 12.3. The Morgan fingerprint density at radius 1 is 1.07 bits per heavy atom. The Morgan fingerprint density at radius 2 is 1.87 bits per heavy atom. The van der Waals surface area contributed by atoms with Crippen molar-refractivity contribution in [2.45, 2.75) is 47.1 Å². The van der Waals surface area contributed by atoms with Gasteiger partial charge in [0.05, 0.1) is 11.4 Å². The smallest absolute Gasteiger partial charge is 0.306 e. The number of carbonyl (C=O) groups excluding carboxylic acids is 1. The summed E-state index contributed by atoms with van der Waals surface area (Å²) in [7, 11) is 0. The van der Waals surface area contributed by atoms with Crippen LogP contribution in [-0.4, -0.2) is 30.0 Å². The molecule has 8 nitrogen and oxygen atoms in total. The van der Waals surface area contributed by atoms with Gasteiger partial charge in [-0.15, -0.1) is 0 Å². The maximum atomic E-state index is 12.3. The molecule has 0 saturated carbocycles. The van der Waals surface area contributed by atoms with Crippen LogP contribution in [0.25, 0.3) is 11.3 Å². The number of nitrogens with zero attached hydrogens (tertiary/aromatic N) is 5. The maximum Gasteiger partial charge on any atom is 0.306 e. The van der Waals surface area contributed by atoms with Gasteiger partial charge in [-0.1, -0.05) is 6.07 Å². The summed E-state index contributed by atoms with van der Waals surface area (Å²) in [6.07, 6.45) is 0.714. The first-order valence-corrected chi connectivity index (χ1v) is 9.80. The quantitative estimate of drug-likeness (QED) is 0.474. The molecule has 0 fully saturated rings. The van der Waals surface area contributed by atoms with Gasteiger partial charge >= 0.3 is 5.97 Å². The molecule has 4 aromatic heterocycles. The molecule has 8 heteroatoms. The summed E-state index contributed by atoms with van der Waals surface area (Å²) in [5.41, 5.74) is 6.12. The van der Waals surface area contributed by atoms with Crippen molar-refractivity contribution < 1.29 is 9.53 Å². The van der Waals surface area contributed by atoms with Crippen LogP contribution in [0.5, 0.6) is 0 Å². The van der Waals surface area contributed by atoms with Crippen molar-refractivity contribution in [2.24, 2.45) is 0 Å². The van der Waals surface area contributed by atoms with Gasteiger partial charge in [0.1, 0.15) is 12.3 Å². The minimum Gasteiger partial charge on any atom is -0.459 e. The third-order valence-corrected chi connectivity index (χ3v) is 5.18. The van der Waals surface area contributed by atoms with Gasteiger partial charge in [-0.25, -0.2) is 14.5 Å². The highest BCUT2D eigenvalue weighted by Gasteiger charge is 2.14. The second-order valence-corrected chi connectivity index (χ2v) is 7.42. The molecule has 4 rings (SSSR count). The highest BCUT2D eigenvalue weighted by molar-refractivity contribution is 5.69. The lowest BCUT2D eigenvalue weighted by atomic mass is 10.1. The molecule has 0 unspecified atom stereocenters. The lowest BCUT2D eigenvalue weighted by Crippen LogP contribution is -2.18.